The van der Waals surface area contributed by atoms with Gasteiger partial charge in [0.25, 0.3) is 0 Å². The maximum Gasteiger partial charge on any atom is 0.318 e. The number of carbonyl (C=O) groups excluding carboxylic acids is 1. The second-order valence-corrected chi connectivity index (χ2v) is 6.03. The van der Waals surface area contributed by atoms with Gasteiger partial charge in [-0.25, -0.2) is 4.79 Å². The maximum atomic E-state index is 12.1. The van der Waals surface area contributed by atoms with Crippen LogP contribution in [0, 0.1) is 13.8 Å². The zero-order valence-electron chi connectivity index (χ0n) is 12.9. The van der Waals surface area contributed by atoms with Crippen molar-refractivity contribution < 1.29 is 19.4 Å². The van der Waals surface area contributed by atoms with Crippen LogP contribution >= 0.6 is 0 Å². The van der Waals surface area contributed by atoms with Crippen LogP contribution in [0.1, 0.15) is 11.1 Å². The predicted molar refractivity (Wildman–Crippen MR) is 81.1 cm³/mol. The van der Waals surface area contributed by atoms with Gasteiger partial charge in [0.1, 0.15) is 11.9 Å². The number of hydrogen-bond acceptors (Lipinski definition) is 4. The molecule has 2 heterocycles. The number of nitrogens with one attached hydrogen (secondary N) is 1. The van der Waals surface area contributed by atoms with Crippen molar-refractivity contribution in [2.24, 2.45) is 0 Å². The SMILES string of the molecule is Cc1cccc(C)c1OC1CN(C(=O)N[C@H]2COC[C@@H]2O)C1. The van der Waals surface area contributed by atoms with E-state index in [2.05, 4.69) is 5.32 Å². The summed E-state index contributed by atoms with van der Waals surface area (Å²) in [5, 5.41) is 12.4. The zero-order valence-corrected chi connectivity index (χ0v) is 12.9. The van der Waals surface area contributed by atoms with Crippen molar-refractivity contribution in [3.63, 3.8) is 0 Å². The van der Waals surface area contributed by atoms with E-state index < -0.39 is 6.10 Å². The molecule has 0 bridgehead atoms. The summed E-state index contributed by atoms with van der Waals surface area (Å²) in [7, 11) is 0. The van der Waals surface area contributed by atoms with Gasteiger partial charge in [-0.3, -0.25) is 0 Å². The second-order valence-electron chi connectivity index (χ2n) is 6.03. The van der Waals surface area contributed by atoms with E-state index in [9.17, 15) is 9.90 Å². The van der Waals surface area contributed by atoms with Gasteiger partial charge in [-0.2, -0.15) is 0 Å². The number of para-hydroxylation sites is 1. The van der Waals surface area contributed by atoms with Crippen LogP contribution in [0.25, 0.3) is 0 Å². The molecule has 2 N–H and O–H groups in total. The van der Waals surface area contributed by atoms with Gasteiger partial charge in [0.2, 0.25) is 0 Å². The highest BCUT2D eigenvalue weighted by atomic mass is 16.5. The summed E-state index contributed by atoms with van der Waals surface area (Å²) in [6.07, 6.45) is -0.595. The average Bonchev–Trinajstić information content (AvgIpc) is 2.81. The van der Waals surface area contributed by atoms with Crippen LogP contribution in [0.2, 0.25) is 0 Å². The number of likely N-dealkylation sites (tertiary alicyclic amines) is 1. The molecule has 6 heteroatoms. The fraction of sp³-hybridized carbons (Fsp3) is 0.562. The molecule has 1 aromatic carbocycles. The van der Waals surface area contributed by atoms with E-state index in [4.69, 9.17) is 9.47 Å². The summed E-state index contributed by atoms with van der Waals surface area (Å²) in [5.41, 5.74) is 2.21. The monoisotopic (exact) mass is 306 g/mol. The lowest BCUT2D eigenvalue weighted by molar-refractivity contribution is 0.0408. The van der Waals surface area contributed by atoms with E-state index in [-0.39, 0.29) is 24.8 Å². The molecule has 2 aliphatic rings. The van der Waals surface area contributed by atoms with Crippen LogP contribution in [0.4, 0.5) is 4.79 Å². The zero-order chi connectivity index (χ0) is 15.7. The Labute approximate surface area is 130 Å². The van der Waals surface area contributed by atoms with Gasteiger partial charge in [0.15, 0.2) is 0 Å². The van der Waals surface area contributed by atoms with Gasteiger partial charge < -0.3 is 24.8 Å². The number of carbonyl (C=O) groups is 1. The Balaban J connectivity index is 1.48. The summed E-state index contributed by atoms with van der Waals surface area (Å²) in [6.45, 7) is 5.80. The quantitative estimate of drug-likeness (QED) is 0.868. The molecule has 6 nitrogen and oxygen atoms in total. The third-order valence-electron chi connectivity index (χ3n) is 4.19. The van der Waals surface area contributed by atoms with Crippen LogP contribution < -0.4 is 10.1 Å². The van der Waals surface area contributed by atoms with Crippen LogP contribution in [0.3, 0.4) is 0 Å². The first-order valence-electron chi connectivity index (χ1n) is 7.58. The third kappa shape index (κ3) is 3.03. The van der Waals surface area contributed by atoms with Crippen LogP contribution in [0.15, 0.2) is 18.2 Å². The van der Waals surface area contributed by atoms with E-state index >= 15 is 0 Å². The highest BCUT2D eigenvalue weighted by molar-refractivity contribution is 5.75. The number of ether oxygens (including phenoxy) is 2. The Morgan fingerprint density at radius 2 is 2.00 bits per heavy atom. The molecule has 0 spiro atoms. The van der Waals surface area contributed by atoms with E-state index in [1.165, 1.54) is 0 Å². The molecule has 0 aromatic heterocycles. The van der Waals surface area contributed by atoms with E-state index in [1.807, 2.05) is 32.0 Å². The van der Waals surface area contributed by atoms with Gasteiger partial charge in [0, 0.05) is 0 Å². The number of urea groups is 1. The van der Waals surface area contributed by atoms with Crippen LogP contribution in [-0.4, -0.2) is 60.6 Å². The van der Waals surface area contributed by atoms with Gasteiger partial charge >= 0.3 is 6.03 Å². The number of aliphatic hydroxyl groups is 1. The molecule has 0 aliphatic carbocycles. The van der Waals surface area contributed by atoms with Crippen LogP contribution in [0.5, 0.6) is 5.75 Å². The molecule has 0 unspecified atom stereocenters. The Morgan fingerprint density at radius 3 is 2.59 bits per heavy atom. The highest BCUT2D eigenvalue weighted by Gasteiger charge is 2.35. The topological polar surface area (TPSA) is 71.0 Å². The van der Waals surface area contributed by atoms with E-state index in [0.717, 1.165) is 16.9 Å². The van der Waals surface area contributed by atoms with Crippen molar-refractivity contribution in [2.75, 3.05) is 26.3 Å². The molecule has 2 saturated heterocycles. The smallest absolute Gasteiger partial charge is 0.318 e. The molecule has 2 atom stereocenters. The molecule has 2 amide bonds. The molecule has 0 saturated carbocycles. The number of benzene rings is 1. The minimum absolute atomic E-state index is 0.0234. The summed E-state index contributed by atoms with van der Waals surface area (Å²) in [5.74, 6) is 0.909. The Morgan fingerprint density at radius 1 is 1.32 bits per heavy atom. The number of nitrogens with zero attached hydrogens (tertiary/aromatic N) is 1. The Hall–Kier alpha value is -1.79. The Bertz CT molecular complexity index is 537. The standard InChI is InChI=1S/C16H22N2O4/c1-10-4-3-5-11(2)15(10)22-12-6-18(7-12)16(20)17-13-8-21-9-14(13)19/h3-5,12-14,19H,6-9H2,1-2H3,(H,17,20)/t13-,14-/m0/s1. The first kappa shape index (κ1) is 15.1. The van der Waals surface area contributed by atoms with Gasteiger partial charge in [-0.1, -0.05) is 18.2 Å². The largest absolute Gasteiger partial charge is 0.486 e. The normalized spacial score (nSPS) is 25.0. The molecule has 120 valence electrons. The summed E-state index contributed by atoms with van der Waals surface area (Å²) in [6, 6.07) is 5.56. The molecule has 2 aliphatic heterocycles. The minimum Gasteiger partial charge on any atom is -0.486 e. The summed E-state index contributed by atoms with van der Waals surface area (Å²) < 4.78 is 11.1. The fourth-order valence-electron chi connectivity index (χ4n) is 2.76. The van der Waals surface area contributed by atoms with Gasteiger partial charge in [-0.15, -0.1) is 0 Å². The van der Waals surface area contributed by atoms with Crippen molar-refractivity contribution in [3.8, 4) is 5.75 Å². The Kier molecular flexibility index (Phi) is 4.22. The van der Waals surface area contributed by atoms with Crippen molar-refractivity contribution in [1.82, 2.24) is 10.2 Å². The number of hydrogen-bond donors (Lipinski definition) is 2. The summed E-state index contributed by atoms with van der Waals surface area (Å²) >= 11 is 0. The number of amides is 2. The molecule has 0 radical (unpaired) electrons. The second kappa shape index (κ2) is 6.14. The van der Waals surface area contributed by atoms with Crippen molar-refractivity contribution >= 4 is 6.03 Å². The van der Waals surface area contributed by atoms with E-state index in [0.29, 0.717) is 19.7 Å². The average molecular weight is 306 g/mol. The molecule has 22 heavy (non-hydrogen) atoms. The first-order valence-corrected chi connectivity index (χ1v) is 7.58. The molecule has 3 rings (SSSR count). The number of aryl methyl sites for hydroxylation is 2. The number of aliphatic hydroxyl groups excluding tert-OH is 1. The number of rotatable bonds is 3. The van der Waals surface area contributed by atoms with Crippen LogP contribution in [-0.2, 0) is 4.74 Å². The van der Waals surface area contributed by atoms with E-state index in [1.54, 1.807) is 4.90 Å². The molecule has 2 fully saturated rings. The van der Waals surface area contributed by atoms with Crippen molar-refractivity contribution in [3.05, 3.63) is 29.3 Å². The third-order valence-corrected chi connectivity index (χ3v) is 4.19. The minimum atomic E-state index is -0.619. The lowest BCUT2D eigenvalue weighted by Crippen LogP contribution is -2.61. The molecule has 1 aromatic rings. The summed E-state index contributed by atoms with van der Waals surface area (Å²) in [4.78, 5) is 13.7. The van der Waals surface area contributed by atoms with Gasteiger partial charge in [-0.05, 0) is 25.0 Å². The molecular formula is C16H22N2O4. The van der Waals surface area contributed by atoms with Gasteiger partial charge in [0.05, 0.1) is 38.4 Å². The lowest BCUT2D eigenvalue weighted by Gasteiger charge is -2.39. The fourth-order valence-corrected chi connectivity index (χ4v) is 2.76. The first-order chi connectivity index (χ1) is 10.5. The maximum absolute atomic E-state index is 12.1. The lowest BCUT2D eigenvalue weighted by atomic mass is 10.1. The highest BCUT2D eigenvalue weighted by Crippen LogP contribution is 2.26. The van der Waals surface area contributed by atoms with Crippen molar-refractivity contribution in [2.45, 2.75) is 32.1 Å². The molecular weight excluding hydrogens is 284 g/mol. The predicted octanol–water partition coefficient (Wildman–Crippen LogP) is 0.836. The van der Waals surface area contributed by atoms with Crippen molar-refractivity contribution in [1.29, 1.82) is 0 Å².